The lowest BCUT2D eigenvalue weighted by atomic mass is 10.0. The van der Waals surface area contributed by atoms with Gasteiger partial charge in [0.2, 0.25) is 5.91 Å². The van der Waals surface area contributed by atoms with Crippen molar-refractivity contribution in [1.82, 2.24) is 15.1 Å². The van der Waals surface area contributed by atoms with Crippen LogP contribution in [-0.2, 0) is 11.2 Å². The maximum absolute atomic E-state index is 12.3. The van der Waals surface area contributed by atoms with Crippen LogP contribution in [-0.4, -0.2) is 33.9 Å². The van der Waals surface area contributed by atoms with Gasteiger partial charge in [-0.05, 0) is 25.5 Å². The van der Waals surface area contributed by atoms with Crippen molar-refractivity contribution >= 4 is 11.7 Å². The number of para-hydroxylation sites is 1. The Bertz CT molecular complexity index is 778. The number of anilines is 1. The van der Waals surface area contributed by atoms with E-state index in [-0.39, 0.29) is 25.1 Å². The van der Waals surface area contributed by atoms with Crippen molar-refractivity contribution in [3.63, 3.8) is 0 Å². The second-order valence-corrected chi connectivity index (χ2v) is 5.68. The van der Waals surface area contributed by atoms with E-state index in [0.29, 0.717) is 18.7 Å². The number of nitrogens with one attached hydrogen (secondary N) is 1. The molecular weight excluding hydrogens is 306 g/mol. The first-order valence-electron chi connectivity index (χ1n) is 7.90. The van der Waals surface area contributed by atoms with Crippen LogP contribution in [0.4, 0.5) is 5.82 Å². The van der Waals surface area contributed by atoms with Crippen molar-refractivity contribution in [3.05, 3.63) is 41.6 Å². The van der Waals surface area contributed by atoms with Crippen molar-refractivity contribution in [3.8, 4) is 11.9 Å². The smallest absolute Gasteiger partial charge is 0.228 e. The number of amides is 1. The summed E-state index contributed by atoms with van der Waals surface area (Å²) < 4.78 is 1.73. The van der Waals surface area contributed by atoms with Crippen molar-refractivity contribution < 1.29 is 9.90 Å². The summed E-state index contributed by atoms with van der Waals surface area (Å²) in [4.78, 5) is 13.9. The molecule has 0 radical (unpaired) electrons. The fourth-order valence-electron chi connectivity index (χ4n) is 3.05. The Balaban J connectivity index is 2.18. The van der Waals surface area contributed by atoms with E-state index in [4.69, 9.17) is 5.26 Å². The fourth-order valence-corrected chi connectivity index (χ4v) is 3.05. The second-order valence-electron chi connectivity index (χ2n) is 5.68. The predicted octanol–water partition coefficient (Wildman–Crippen LogP) is 1.28. The molecule has 3 rings (SSSR count). The Kier molecular flexibility index (Phi) is 4.49. The number of carbonyl (C=O) groups is 1. The van der Waals surface area contributed by atoms with Crippen LogP contribution in [0.15, 0.2) is 30.3 Å². The lowest BCUT2D eigenvalue weighted by Gasteiger charge is -2.28. The first-order valence-corrected chi connectivity index (χ1v) is 7.90. The number of fused-ring (bicyclic) bond motifs is 1. The topological polar surface area (TPSA) is 94.2 Å². The second kappa shape index (κ2) is 6.72. The third kappa shape index (κ3) is 2.72. The molecule has 0 spiro atoms. The first-order chi connectivity index (χ1) is 11.7. The number of β-amino-alcohol motifs (C(OH)–C–C–N with tert-alkyl or cyclic N) is 1. The van der Waals surface area contributed by atoms with Gasteiger partial charge >= 0.3 is 0 Å². The van der Waals surface area contributed by atoms with E-state index in [2.05, 4.69) is 10.4 Å². The first kappa shape index (κ1) is 16.0. The van der Waals surface area contributed by atoms with Gasteiger partial charge in [-0.1, -0.05) is 18.2 Å². The number of aliphatic hydroxyl groups is 1. The normalized spacial score (nSPS) is 14.9. The van der Waals surface area contributed by atoms with Crippen LogP contribution in [0.2, 0.25) is 0 Å². The summed E-state index contributed by atoms with van der Waals surface area (Å²) in [5, 5.41) is 25.6. The number of nitrogens with zero attached hydrogens (tertiary/aromatic N) is 4. The molecule has 0 aliphatic carbocycles. The Hall–Kier alpha value is -2.85. The van der Waals surface area contributed by atoms with Crippen LogP contribution in [0.3, 0.4) is 0 Å². The number of aliphatic hydroxyl groups excluding tert-OH is 1. The van der Waals surface area contributed by atoms with Crippen LogP contribution >= 0.6 is 0 Å². The summed E-state index contributed by atoms with van der Waals surface area (Å²) in [7, 11) is 0. The zero-order valence-electron chi connectivity index (χ0n) is 13.4. The predicted molar refractivity (Wildman–Crippen MR) is 88.5 cm³/mol. The van der Waals surface area contributed by atoms with E-state index in [1.165, 1.54) is 0 Å². The zero-order chi connectivity index (χ0) is 17.1. The van der Waals surface area contributed by atoms with Crippen molar-refractivity contribution in [1.29, 1.82) is 5.26 Å². The van der Waals surface area contributed by atoms with Gasteiger partial charge in [0.1, 0.15) is 5.82 Å². The summed E-state index contributed by atoms with van der Waals surface area (Å²) in [6, 6.07) is 9.29. The lowest BCUT2D eigenvalue weighted by molar-refractivity contribution is -0.119. The molecular formula is C17H19N5O2. The molecule has 124 valence electrons. The highest BCUT2D eigenvalue weighted by Gasteiger charge is 2.33. The standard InChI is InChI=1S/C17H19N5O2/c1-12(19-11-18)16-14-7-8-15(24)21(9-10-23)17(14)22(20-16)13-5-3-2-4-6-13/h2-6,12,19,23H,7-10H2,1H3. The van der Waals surface area contributed by atoms with Gasteiger partial charge in [-0.2, -0.15) is 10.4 Å². The molecule has 0 bridgehead atoms. The Morgan fingerprint density at radius 3 is 2.79 bits per heavy atom. The molecule has 7 nitrogen and oxygen atoms in total. The van der Waals surface area contributed by atoms with Crippen LogP contribution in [0.25, 0.3) is 5.69 Å². The Labute approximate surface area is 140 Å². The monoisotopic (exact) mass is 325 g/mol. The van der Waals surface area contributed by atoms with Crippen LogP contribution < -0.4 is 10.2 Å². The minimum atomic E-state index is -0.252. The summed E-state index contributed by atoms with van der Waals surface area (Å²) in [5.74, 6) is 0.661. The molecule has 0 saturated carbocycles. The van der Waals surface area contributed by atoms with E-state index < -0.39 is 0 Å². The van der Waals surface area contributed by atoms with Gasteiger partial charge in [-0.25, -0.2) is 4.68 Å². The number of carbonyl (C=O) groups excluding carboxylic acids is 1. The summed E-state index contributed by atoms with van der Waals surface area (Å²) in [6.07, 6.45) is 2.90. The van der Waals surface area contributed by atoms with Gasteiger partial charge in [0.15, 0.2) is 6.19 Å². The molecule has 1 atom stereocenters. The highest BCUT2D eigenvalue weighted by atomic mass is 16.3. The molecule has 7 heteroatoms. The highest BCUT2D eigenvalue weighted by Crippen LogP contribution is 2.35. The minimum Gasteiger partial charge on any atom is -0.395 e. The van der Waals surface area contributed by atoms with Crippen LogP contribution in [0, 0.1) is 11.5 Å². The number of hydrogen-bond acceptors (Lipinski definition) is 5. The van der Waals surface area contributed by atoms with Crippen molar-refractivity contribution in [2.75, 3.05) is 18.1 Å². The Morgan fingerprint density at radius 2 is 2.12 bits per heavy atom. The average Bonchev–Trinajstić information content (AvgIpc) is 2.98. The third-order valence-corrected chi connectivity index (χ3v) is 4.15. The van der Waals surface area contributed by atoms with E-state index in [1.807, 2.05) is 43.4 Å². The maximum atomic E-state index is 12.3. The third-order valence-electron chi connectivity index (χ3n) is 4.15. The fraction of sp³-hybridized carbons (Fsp3) is 0.353. The van der Waals surface area contributed by atoms with E-state index in [0.717, 1.165) is 16.9 Å². The Morgan fingerprint density at radius 1 is 1.38 bits per heavy atom. The molecule has 24 heavy (non-hydrogen) atoms. The summed E-state index contributed by atoms with van der Waals surface area (Å²) in [6.45, 7) is 1.98. The molecule has 1 aromatic carbocycles. The largest absolute Gasteiger partial charge is 0.395 e. The van der Waals surface area contributed by atoms with E-state index in [1.54, 1.807) is 9.58 Å². The minimum absolute atomic E-state index is 0.0268. The molecule has 2 aromatic rings. The van der Waals surface area contributed by atoms with Gasteiger partial charge < -0.3 is 10.4 Å². The number of rotatable bonds is 5. The molecule has 0 saturated heterocycles. The molecule has 1 aliphatic rings. The van der Waals surface area contributed by atoms with E-state index >= 15 is 0 Å². The maximum Gasteiger partial charge on any atom is 0.228 e. The van der Waals surface area contributed by atoms with Crippen LogP contribution in [0.5, 0.6) is 0 Å². The molecule has 1 aromatic heterocycles. The van der Waals surface area contributed by atoms with Gasteiger partial charge in [0.25, 0.3) is 0 Å². The highest BCUT2D eigenvalue weighted by molar-refractivity contribution is 5.96. The van der Waals surface area contributed by atoms with Crippen LogP contribution in [0.1, 0.15) is 30.6 Å². The van der Waals surface area contributed by atoms with E-state index in [9.17, 15) is 9.90 Å². The van der Waals surface area contributed by atoms with Crippen molar-refractivity contribution in [2.45, 2.75) is 25.8 Å². The molecule has 2 heterocycles. The SMILES string of the molecule is CC(NC#N)c1nn(-c2ccccc2)c2c1CCC(=O)N2CCO. The number of hydrogen-bond donors (Lipinski definition) is 2. The molecule has 1 aliphatic heterocycles. The van der Waals surface area contributed by atoms with Gasteiger partial charge in [0, 0.05) is 12.0 Å². The summed E-state index contributed by atoms with van der Waals surface area (Å²) >= 11 is 0. The molecule has 2 N–H and O–H groups in total. The van der Waals surface area contributed by atoms with Gasteiger partial charge in [0.05, 0.1) is 30.6 Å². The van der Waals surface area contributed by atoms with Gasteiger partial charge in [-0.3, -0.25) is 9.69 Å². The quantitative estimate of drug-likeness (QED) is 0.638. The zero-order valence-corrected chi connectivity index (χ0v) is 13.4. The average molecular weight is 325 g/mol. The molecule has 0 fully saturated rings. The number of nitriles is 1. The molecule has 1 unspecified atom stereocenters. The summed E-state index contributed by atoms with van der Waals surface area (Å²) in [5.41, 5.74) is 2.54. The number of aromatic nitrogens is 2. The van der Waals surface area contributed by atoms with Gasteiger partial charge in [-0.15, -0.1) is 0 Å². The lowest BCUT2D eigenvalue weighted by Crippen LogP contribution is -2.38. The van der Waals surface area contributed by atoms with Crippen molar-refractivity contribution in [2.24, 2.45) is 0 Å². The molecule has 1 amide bonds. The number of benzene rings is 1.